The van der Waals surface area contributed by atoms with Crippen molar-refractivity contribution in [2.24, 2.45) is 0 Å². The molecule has 0 unspecified atom stereocenters. The molecule has 0 saturated carbocycles. The Kier molecular flexibility index (Phi) is 3.72. The predicted octanol–water partition coefficient (Wildman–Crippen LogP) is 0.154. The average molecular weight is 303 g/mol. The predicted molar refractivity (Wildman–Crippen MR) is 73.7 cm³/mol. The van der Waals surface area contributed by atoms with Crippen LogP contribution in [0.15, 0.2) is 29.2 Å². The van der Waals surface area contributed by atoms with E-state index in [2.05, 4.69) is 5.32 Å². The summed E-state index contributed by atoms with van der Waals surface area (Å²) in [4.78, 5) is 0.181. The Labute approximate surface area is 113 Å². The summed E-state index contributed by atoms with van der Waals surface area (Å²) >= 11 is 0. The van der Waals surface area contributed by atoms with Crippen molar-refractivity contribution >= 4 is 19.7 Å². The topological polar surface area (TPSA) is 80.3 Å². The fourth-order valence-electron chi connectivity index (χ4n) is 2.29. The molecule has 5 nitrogen and oxygen atoms in total. The first-order valence-electron chi connectivity index (χ1n) is 5.94. The quantitative estimate of drug-likeness (QED) is 0.860. The fourth-order valence-corrected chi connectivity index (χ4v) is 7.10. The number of sulfone groups is 2. The van der Waals surface area contributed by atoms with Gasteiger partial charge in [-0.05, 0) is 26.1 Å². The van der Waals surface area contributed by atoms with Crippen molar-refractivity contribution in [1.29, 1.82) is 0 Å². The van der Waals surface area contributed by atoms with Crippen LogP contribution in [0.5, 0.6) is 0 Å². The minimum atomic E-state index is -3.63. The summed E-state index contributed by atoms with van der Waals surface area (Å²) in [6, 6.07) is 5.94. The number of aryl methyl sites for hydroxylation is 1. The lowest BCUT2D eigenvalue weighted by Gasteiger charge is -2.17. The number of nitrogens with one attached hydrogen (secondary N) is 1. The van der Waals surface area contributed by atoms with Crippen LogP contribution in [0.1, 0.15) is 5.56 Å². The van der Waals surface area contributed by atoms with Crippen molar-refractivity contribution in [1.82, 2.24) is 5.32 Å². The first kappa shape index (κ1) is 14.5. The molecule has 2 rings (SSSR count). The Balaban J connectivity index is 2.42. The Morgan fingerprint density at radius 3 is 2.26 bits per heavy atom. The Morgan fingerprint density at radius 1 is 1.16 bits per heavy atom. The maximum atomic E-state index is 12.5. The highest BCUT2D eigenvalue weighted by Crippen LogP contribution is 2.25. The smallest absolute Gasteiger partial charge is 0.183 e. The maximum Gasteiger partial charge on any atom is 0.183 e. The van der Waals surface area contributed by atoms with Crippen LogP contribution in [0.2, 0.25) is 0 Å². The molecule has 1 aliphatic rings. The first-order chi connectivity index (χ1) is 8.76. The summed E-state index contributed by atoms with van der Waals surface area (Å²) in [7, 11) is -5.34. The minimum Gasteiger partial charge on any atom is -0.315 e. The van der Waals surface area contributed by atoms with Gasteiger partial charge in [0.1, 0.15) is 0 Å². The molecule has 0 amide bonds. The van der Waals surface area contributed by atoms with E-state index in [-0.39, 0.29) is 16.4 Å². The van der Waals surface area contributed by atoms with Crippen molar-refractivity contribution < 1.29 is 16.8 Å². The van der Waals surface area contributed by atoms with E-state index >= 15 is 0 Å². The van der Waals surface area contributed by atoms with E-state index in [1.54, 1.807) is 19.2 Å². The zero-order chi connectivity index (χ0) is 14.3. The van der Waals surface area contributed by atoms with Crippen molar-refractivity contribution in [2.45, 2.75) is 23.1 Å². The molecule has 1 aromatic carbocycles. The molecule has 19 heavy (non-hydrogen) atoms. The van der Waals surface area contributed by atoms with Gasteiger partial charge in [0.15, 0.2) is 19.7 Å². The highest BCUT2D eigenvalue weighted by molar-refractivity contribution is 7.96. The average Bonchev–Trinajstić information content (AvgIpc) is 2.66. The molecule has 1 fully saturated rings. The fraction of sp³-hybridized carbons (Fsp3) is 0.500. The summed E-state index contributed by atoms with van der Waals surface area (Å²) in [6.45, 7) is 1.87. The third kappa shape index (κ3) is 2.82. The first-order valence-corrected chi connectivity index (χ1v) is 9.31. The monoisotopic (exact) mass is 303 g/mol. The van der Waals surface area contributed by atoms with Crippen LogP contribution in [0.25, 0.3) is 0 Å². The van der Waals surface area contributed by atoms with E-state index in [4.69, 9.17) is 0 Å². The lowest BCUT2D eigenvalue weighted by atomic mass is 10.2. The van der Waals surface area contributed by atoms with Gasteiger partial charge in [-0.1, -0.05) is 17.7 Å². The number of hydrogen-bond acceptors (Lipinski definition) is 5. The summed E-state index contributed by atoms with van der Waals surface area (Å²) in [6.07, 6.45) is 0. The van der Waals surface area contributed by atoms with Gasteiger partial charge in [0, 0.05) is 6.04 Å². The molecule has 7 heteroatoms. The van der Waals surface area contributed by atoms with Crippen LogP contribution < -0.4 is 5.32 Å². The van der Waals surface area contributed by atoms with E-state index < -0.39 is 31.0 Å². The van der Waals surface area contributed by atoms with Gasteiger partial charge in [-0.15, -0.1) is 0 Å². The third-order valence-corrected chi connectivity index (χ3v) is 7.59. The van der Waals surface area contributed by atoms with Gasteiger partial charge in [0.2, 0.25) is 0 Å². The van der Waals surface area contributed by atoms with E-state index in [1.165, 1.54) is 12.1 Å². The van der Waals surface area contributed by atoms with Crippen LogP contribution in [0.4, 0.5) is 0 Å². The van der Waals surface area contributed by atoms with Gasteiger partial charge in [0.05, 0.1) is 21.7 Å². The summed E-state index contributed by atoms with van der Waals surface area (Å²) in [5.41, 5.74) is 0.961. The zero-order valence-electron chi connectivity index (χ0n) is 10.8. The number of hydrogen-bond donors (Lipinski definition) is 1. The second-order valence-corrected chi connectivity index (χ2v) is 9.19. The van der Waals surface area contributed by atoms with Gasteiger partial charge in [-0.2, -0.15) is 0 Å². The number of benzene rings is 1. The van der Waals surface area contributed by atoms with Crippen LogP contribution >= 0.6 is 0 Å². The Bertz CT molecular complexity index is 662. The van der Waals surface area contributed by atoms with E-state index in [0.29, 0.717) is 0 Å². The molecule has 1 aliphatic heterocycles. The highest BCUT2D eigenvalue weighted by Gasteiger charge is 2.45. The molecule has 0 spiro atoms. The van der Waals surface area contributed by atoms with Crippen molar-refractivity contribution in [2.75, 3.05) is 18.6 Å². The minimum absolute atomic E-state index is 0.126. The van der Waals surface area contributed by atoms with E-state index in [1.807, 2.05) is 6.92 Å². The van der Waals surface area contributed by atoms with Crippen LogP contribution in [-0.2, 0) is 19.7 Å². The Hall–Kier alpha value is -0.920. The van der Waals surface area contributed by atoms with Gasteiger partial charge in [-0.25, -0.2) is 16.8 Å². The Morgan fingerprint density at radius 2 is 1.74 bits per heavy atom. The second kappa shape index (κ2) is 4.88. The lowest BCUT2D eigenvalue weighted by Crippen LogP contribution is -2.41. The van der Waals surface area contributed by atoms with Crippen LogP contribution in [0.3, 0.4) is 0 Å². The van der Waals surface area contributed by atoms with Crippen molar-refractivity contribution in [3.8, 4) is 0 Å². The molecule has 106 valence electrons. The van der Waals surface area contributed by atoms with Crippen LogP contribution in [-0.4, -0.2) is 46.7 Å². The van der Waals surface area contributed by atoms with Crippen molar-refractivity contribution in [3.05, 3.63) is 29.8 Å². The van der Waals surface area contributed by atoms with Gasteiger partial charge >= 0.3 is 0 Å². The summed E-state index contributed by atoms with van der Waals surface area (Å²) in [5.74, 6) is -0.437. The molecule has 0 bridgehead atoms. The highest BCUT2D eigenvalue weighted by atomic mass is 32.2. The lowest BCUT2D eigenvalue weighted by molar-refractivity contribution is 0.553. The molecule has 1 N–H and O–H groups in total. The molecular formula is C12H17NO4S2. The van der Waals surface area contributed by atoms with E-state index in [0.717, 1.165) is 5.56 Å². The molecule has 1 aromatic rings. The molecule has 2 atom stereocenters. The van der Waals surface area contributed by atoms with Crippen molar-refractivity contribution in [3.63, 3.8) is 0 Å². The molecule has 0 aliphatic carbocycles. The maximum absolute atomic E-state index is 12.5. The largest absolute Gasteiger partial charge is 0.315 e. The van der Waals surface area contributed by atoms with Crippen LogP contribution in [0, 0.1) is 6.92 Å². The van der Waals surface area contributed by atoms with Gasteiger partial charge in [-0.3, -0.25) is 0 Å². The molecule has 0 radical (unpaired) electrons. The van der Waals surface area contributed by atoms with E-state index in [9.17, 15) is 16.8 Å². The molecular weight excluding hydrogens is 286 g/mol. The number of rotatable bonds is 3. The normalized spacial score (nSPS) is 26.4. The molecule has 0 aromatic heterocycles. The summed E-state index contributed by atoms with van der Waals surface area (Å²) in [5, 5.41) is 1.89. The molecule has 1 saturated heterocycles. The SMILES string of the molecule is CN[C@H]1CS(=O)(=O)C[C@@H]1S(=O)(=O)c1ccc(C)cc1. The van der Waals surface area contributed by atoms with Gasteiger partial charge < -0.3 is 5.32 Å². The second-order valence-electron chi connectivity index (χ2n) is 4.87. The van der Waals surface area contributed by atoms with Gasteiger partial charge in [0.25, 0.3) is 0 Å². The summed E-state index contributed by atoms with van der Waals surface area (Å²) < 4.78 is 48.3. The molecule has 1 heterocycles. The zero-order valence-corrected chi connectivity index (χ0v) is 12.5. The standard InChI is InChI=1S/C12H17NO4S2/c1-9-3-5-10(6-4-9)19(16,17)12-8-18(14,15)7-11(12)13-2/h3-6,11-13H,7-8H2,1-2H3/t11-,12-/m0/s1. The third-order valence-electron chi connectivity index (χ3n) is 3.42.